The van der Waals surface area contributed by atoms with Crippen molar-refractivity contribution in [3.63, 3.8) is 0 Å². The summed E-state index contributed by atoms with van der Waals surface area (Å²) in [5, 5.41) is 2.32. The molecule has 1 aliphatic rings. The molecule has 0 bridgehead atoms. The average molecular weight is 322 g/mol. The molecule has 1 aliphatic heterocycles. The van der Waals surface area contributed by atoms with E-state index in [0.717, 1.165) is 19.3 Å². The summed E-state index contributed by atoms with van der Waals surface area (Å²) in [7, 11) is 0. The van der Waals surface area contributed by atoms with Crippen LogP contribution < -0.4 is 5.32 Å². The molecule has 0 atom stereocenters. The molecule has 1 fully saturated rings. The molecule has 1 aromatic rings. The molecule has 1 aromatic carbocycles. The topological polar surface area (TPSA) is 75.7 Å². The number of nitrogens with zero attached hydrogens (tertiary/aromatic N) is 1. The number of esters is 1. The van der Waals surface area contributed by atoms with Crippen LogP contribution in [0.4, 0.5) is 10.1 Å². The van der Waals surface area contributed by atoms with Gasteiger partial charge in [-0.2, -0.15) is 0 Å². The van der Waals surface area contributed by atoms with Gasteiger partial charge in [0, 0.05) is 13.0 Å². The minimum atomic E-state index is -0.649. The normalized spacial score (nSPS) is 15.0. The summed E-state index contributed by atoms with van der Waals surface area (Å²) in [6.45, 7) is -0.156. The number of carbonyl (C=O) groups excluding carboxylic acids is 3. The van der Waals surface area contributed by atoms with Gasteiger partial charge < -0.3 is 15.0 Å². The molecule has 0 radical (unpaired) electrons. The number of hydrogen-bond donors (Lipinski definition) is 1. The number of amides is 2. The van der Waals surface area contributed by atoms with Crippen LogP contribution in [0, 0.1) is 5.82 Å². The van der Waals surface area contributed by atoms with Crippen LogP contribution in [0.5, 0.6) is 0 Å². The van der Waals surface area contributed by atoms with Gasteiger partial charge >= 0.3 is 5.97 Å². The van der Waals surface area contributed by atoms with E-state index in [2.05, 4.69) is 5.32 Å². The van der Waals surface area contributed by atoms with Crippen LogP contribution in [0.25, 0.3) is 0 Å². The van der Waals surface area contributed by atoms with E-state index in [0.29, 0.717) is 13.0 Å². The molecule has 23 heavy (non-hydrogen) atoms. The Kier molecular flexibility index (Phi) is 6.08. The fourth-order valence-corrected chi connectivity index (χ4v) is 2.30. The Morgan fingerprint density at radius 2 is 2.00 bits per heavy atom. The molecule has 0 aromatic heterocycles. The van der Waals surface area contributed by atoms with Crippen molar-refractivity contribution < 1.29 is 23.5 Å². The number of para-hydroxylation sites is 1. The highest BCUT2D eigenvalue weighted by molar-refractivity contribution is 5.93. The van der Waals surface area contributed by atoms with E-state index in [9.17, 15) is 18.8 Å². The van der Waals surface area contributed by atoms with Crippen molar-refractivity contribution in [1.82, 2.24) is 4.90 Å². The molecule has 7 heteroatoms. The van der Waals surface area contributed by atoms with Gasteiger partial charge in [-0.05, 0) is 25.0 Å². The van der Waals surface area contributed by atoms with Gasteiger partial charge in [-0.15, -0.1) is 0 Å². The van der Waals surface area contributed by atoms with Crippen molar-refractivity contribution in [1.29, 1.82) is 0 Å². The standard InChI is InChI=1S/C16H19FN2O4/c17-12-6-3-4-7-13(12)18-14(20)11-23-16(22)10-19-9-5-1-2-8-15(19)21/h3-4,6-7H,1-2,5,8-11H2,(H,18,20). The summed E-state index contributed by atoms with van der Waals surface area (Å²) in [5.74, 6) is -1.92. The quantitative estimate of drug-likeness (QED) is 0.837. The van der Waals surface area contributed by atoms with Crippen molar-refractivity contribution in [2.24, 2.45) is 0 Å². The van der Waals surface area contributed by atoms with Crippen LogP contribution in [-0.4, -0.2) is 42.4 Å². The molecule has 1 heterocycles. The molecule has 1 N–H and O–H groups in total. The van der Waals surface area contributed by atoms with E-state index in [1.807, 2.05) is 0 Å². The fourth-order valence-electron chi connectivity index (χ4n) is 2.30. The van der Waals surface area contributed by atoms with Gasteiger partial charge in [0.2, 0.25) is 5.91 Å². The molecule has 6 nitrogen and oxygen atoms in total. The Morgan fingerprint density at radius 3 is 2.78 bits per heavy atom. The minimum Gasteiger partial charge on any atom is -0.454 e. The number of anilines is 1. The maximum Gasteiger partial charge on any atom is 0.326 e. The van der Waals surface area contributed by atoms with E-state index >= 15 is 0 Å². The second kappa shape index (κ2) is 8.26. The van der Waals surface area contributed by atoms with Crippen molar-refractivity contribution in [2.45, 2.75) is 25.7 Å². The first kappa shape index (κ1) is 16.9. The zero-order chi connectivity index (χ0) is 16.7. The van der Waals surface area contributed by atoms with Gasteiger partial charge in [0.1, 0.15) is 12.4 Å². The number of likely N-dealkylation sites (tertiary alicyclic amines) is 1. The summed E-state index contributed by atoms with van der Waals surface area (Å²) in [5.41, 5.74) is 0.0243. The van der Waals surface area contributed by atoms with Crippen LogP contribution in [0.1, 0.15) is 25.7 Å². The summed E-state index contributed by atoms with van der Waals surface area (Å²) in [6.07, 6.45) is 3.08. The third-order valence-electron chi connectivity index (χ3n) is 3.50. The van der Waals surface area contributed by atoms with Crippen molar-refractivity contribution in [3.8, 4) is 0 Å². The number of ether oxygens (including phenoxy) is 1. The molecular weight excluding hydrogens is 303 g/mol. The van der Waals surface area contributed by atoms with Crippen molar-refractivity contribution >= 4 is 23.5 Å². The van der Waals surface area contributed by atoms with Crippen LogP contribution in [-0.2, 0) is 19.1 Å². The van der Waals surface area contributed by atoms with Gasteiger partial charge in [-0.3, -0.25) is 14.4 Å². The molecule has 2 amide bonds. The lowest BCUT2D eigenvalue weighted by molar-refractivity contribution is -0.151. The maximum absolute atomic E-state index is 13.4. The Morgan fingerprint density at radius 1 is 1.22 bits per heavy atom. The smallest absolute Gasteiger partial charge is 0.326 e. The maximum atomic E-state index is 13.4. The lowest BCUT2D eigenvalue weighted by Gasteiger charge is -2.19. The van der Waals surface area contributed by atoms with Gasteiger partial charge in [0.15, 0.2) is 6.61 Å². The number of nitrogens with one attached hydrogen (secondary N) is 1. The third-order valence-corrected chi connectivity index (χ3v) is 3.50. The first-order valence-corrected chi connectivity index (χ1v) is 7.54. The highest BCUT2D eigenvalue weighted by Crippen LogP contribution is 2.12. The Labute approximate surface area is 133 Å². The molecule has 124 valence electrons. The minimum absolute atomic E-state index is 0.0243. The number of halogens is 1. The SMILES string of the molecule is O=C(COC(=O)CN1CCCCCC1=O)Nc1ccccc1F. The zero-order valence-corrected chi connectivity index (χ0v) is 12.7. The Balaban J connectivity index is 1.76. The number of rotatable bonds is 5. The van der Waals surface area contributed by atoms with Crippen LogP contribution in [0.15, 0.2) is 24.3 Å². The van der Waals surface area contributed by atoms with Gasteiger partial charge in [-0.1, -0.05) is 18.6 Å². The first-order chi connectivity index (χ1) is 11.1. The Hall–Kier alpha value is -2.44. The van der Waals surface area contributed by atoms with E-state index < -0.39 is 24.3 Å². The van der Waals surface area contributed by atoms with Crippen molar-refractivity contribution in [3.05, 3.63) is 30.1 Å². The van der Waals surface area contributed by atoms with Crippen molar-refractivity contribution in [2.75, 3.05) is 25.0 Å². The first-order valence-electron chi connectivity index (χ1n) is 7.54. The van der Waals surface area contributed by atoms with E-state index in [1.165, 1.54) is 23.1 Å². The predicted molar refractivity (Wildman–Crippen MR) is 81.0 cm³/mol. The predicted octanol–water partition coefficient (Wildman–Crippen LogP) is 1.71. The second-order valence-corrected chi connectivity index (χ2v) is 5.31. The number of hydrogen-bond acceptors (Lipinski definition) is 4. The largest absolute Gasteiger partial charge is 0.454 e. The molecule has 0 unspecified atom stereocenters. The lowest BCUT2D eigenvalue weighted by Crippen LogP contribution is -2.36. The second-order valence-electron chi connectivity index (χ2n) is 5.31. The summed E-state index contributed by atoms with van der Waals surface area (Å²) in [6, 6.07) is 5.70. The molecule has 0 saturated carbocycles. The summed E-state index contributed by atoms with van der Waals surface area (Å²) in [4.78, 5) is 36.6. The lowest BCUT2D eigenvalue weighted by atomic mass is 10.2. The van der Waals surface area contributed by atoms with Crippen LogP contribution in [0.3, 0.4) is 0 Å². The number of benzene rings is 1. The van der Waals surface area contributed by atoms with Crippen LogP contribution >= 0.6 is 0 Å². The summed E-state index contributed by atoms with van der Waals surface area (Å²) >= 11 is 0. The van der Waals surface area contributed by atoms with Crippen LogP contribution in [0.2, 0.25) is 0 Å². The monoisotopic (exact) mass is 322 g/mol. The zero-order valence-electron chi connectivity index (χ0n) is 12.7. The fraction of sp³-hybridized carbons (Fsp3) is 0.438. The van der Waals surface area contributed by atoms with Gasteiger partial charge in [0.25, 0.3) is 5.91 Å². The van der Waals surface area contributed by atoms with Gasteiger partial charge in [-0.25, -0.2) is 4.39 Å². The summed E-state index contributed by atoms with van der Waals surface area (Å²) < 4.78 is 18.2. The van der Waals surface area contributed by atoms with E-state index in [-0.39, 0.29) is 18.1 Å². The molecule has 0 aliphatic carbocycles. The molecule has 0 spiro atoms. The van der Waals surface area contributed by atoms with E-state index in [4.69, 9.17) is 4.74 Å². The van der Waals surface area contributed by atoms with Gasteiger partial charge in [0.05, 0.1) is 5.69 Å². The number of carbonyl (C=O) groups is 3. The Bertz CT molecular complexity index is 591. The average Bonchev–Trinajstić information content (AvgIpc) is 2.73. The third kappa shape index (κ3) is 5.36. The van der Waals surface area contributed by atoms with E-state index in [1.54, 1.807) is 6.07 Å². The highest BCUT2D eigenvalue weighted by Gasteiger charge is 2.20. The molecule has 1 saturated heterocycles. The highest BCUT2D eigenvalue weighted by atomic mass is 19.1. The molecular formula is C16H19FN2O4. The molecule has 2 rings (SSSR count).